The SMILES string of the molecule is CCCN(C(=O)CN(C)C(=O)c1cccs1)C1CCNC1.Cl. The second-order valence-corrected chi connectivity index (χ2v) is 6.32. The molecule has 1 aromatic rings. The summed E-state index contributed by atoms with van der Waals surface area (Å²) in [6.07, 6.45) is 1.93. The summed E-state index contributed by atoms with van der Waals surface area (Å²) in [5.41, 5.74) is 0. The highest BCUT2D eigenvalue weighted by atomic mass is 35.5. The zero-order valence-corrected chi connectivity index (χ0v) is 14.7. The summed E-state index contributed by atoms with van der Waals surface area (Å²) in [5.74, 6) is -0.0442. The highest BCUT2D eigenvalue weighted by molar-refractivity contribution is 7.12. The average molecular weight is 346 g/mol. The maximum Gasteiger partial charge on any atom is 0.264 e. The molecule has 0 aliphatic carbocycles. The lowest BCUT2D eigenvalue weighted by Gasteiger charge is -2.30. The van der Waals surface area contributed by atoms with Gasteiger partial charge in [-0.1, -0.05) is 13.0 Å². The van der Waals surface area contributed by atoms with Crippen LogP contribution in [0.3, 0.4) is 0 Å². The first kappa shape index (κ1) is 18.9. The maximum absolute atomic E-state index is 12.5. The molecule has 1 N–H and O–H groups in total. The number of amides is 2. The van der Waals surface area contributed by atoms with E-state index in [0.717, 1.165) is 32.5 Å². The lowest BCUT2D eigenvalue weighted by Crippen LogP contribution is -2.47. The number of carbonyl (C=O) groups is 2. The fraction of sp³-hybridized carbons (Fsp3) is 0.600. The van der Waals surface area contributed by atoms with Gasteiger partial charge in [-0.25, -0.2) is 0 Å². The molecule has 1 fully saturated rings. The summed E-state index contributed by atoms with van der Waals surface area (Å²) >= 11 is 1.40. The molecule has 1 aliphatic rings. The van der Waals surface area contributed by atoms with Crippen molar-refractivity contribution in [3.8, 4) is 0 Å². The van der Waals surface area contributed by atoms with E-state index in [-0.39, 0.29) is 36.8 Å². The van der Waals surface area contributed by atoms with E-state index >= 15 is 0 Å². The number of nitrogens with one attached hydrogen (secondary N) is 1. The Kier molecular flexibility index (Phi) is 7.85. The van der Waals surface area contributed by atoms with Crippen molar-refractivity contribution in [2.24, 2.45) is 0 Å². The molecule has 22 heavy (non-hydrogen) atoms. The van der Waals surface area contributed by atoms with Gasteiger partial charge in [-0.05, 0) is 30.8 Å². The minimum absolute atomic E-state index is 0. The minimum Gasteiger partial charge on any atom is -0.337 e. The van der Waals surface area contributed by atoms with Gasteiger partial charge in [-0.3, -0.25) is 9.59 Å². The number of carbonyl (C=O) groups excluding carboxylic acids is 2. The molecule has 0 aromatic carbocycles. The van der Waals surface area contributed by atoms with Crippen molar-refractivity contribution < 1.29 is 9.59 Å². The van der Waals surface area contributed by atoms with Gasteiger partial charge in [0, 0.05) is 26.2 Å². The van der Waals surface area contributed by atoms with Crippen LogP contribution in [0.1, 0.15) is 29.4 Å². The predicted octanol–water partition coefficient (Wildman–Crippen LogP) is 1.84. The molecule has 1 aliphatic heterocycles. The molecule has 1 atom stereocenters. The number of nitrogens with zero attached hydrogens (tertiary/aromatic N) is 2. The van der Waals surface area contributed by atoms with Crippen molar-refractivity contribution in [2.75, 3.05) is 33.2 Å². The van der Waals surface area contributed by atoms with Crippen molar-refractivity contribution in [2.45, 2.75) is 25.8 Å². The number of hydrogen-bond donors (Lipinski definition) is 1. The Morgan fingerprint density at radius 1 is 1.45 bits per heavy atom. The maximum atomic E-state index is 12.5. The number of thiophene rings is 1. The van der Waals surface area contributed by atoms with Gasteiger partial charge in [0.25, 0.3) is 5.91 Å². The third-order valence-corrected chi connectivity index (χ3v) is 4.57. The molecule has 124 valence electrons. The lowest BCUT2D eigenvalue weighted by molar-refractivity contribution is -0.133. The summed E-state index contributed by atoms with van der Waals surface area (Å²) in [5, 5.41) is 5.16. The number of rotatable bonds is 6. The largest absolute Gasteiger partial charge is 0.337 e. The van der Waals surface area contributed by atoms with E-state index in [1.165, 1.54) is 16.2 Å². The fourth-order valence-electron chi connectivity index (χ4n) is 2.61. The van der Waals surface area contributed by atoms with Gasteiger partial charge in [0.15, 0.2) is 0 Å². The topological polar surface area (TPSA) is 52.7 Å². The fourth-order valence-corrected chi connectivity index (χ4v) is 3.33. The van der Waals surface area contributed by atoms with Gasteiger partial charge >= 0.3 is 0 Å². The summed E-state index contributed by atoms with van der Waals surface area (Å²) in [6, 6.07) is 3.91. The highest BCUT2D eigenvalue weighted by Crippen LogP contribution is 2.13. The summed E-state index contributed by atoms with van der Waals surface area (Å²) < 4.78 is 0. The molecule has 2 amide bonds. The van der Waals surface area contributed by atoms with Crippen molar-refractivity contribution >= 4 is 35.6 Å². The van der Waals surface area contributed by atoms with E-state index in [4.69, 9.17) is 0 Å². The van der Waals surface area contributed by atoms with Gasteiger partial charge in [-0.15, -0.1) is 23.7 Å². The first-order chi connectivity index (χ1) is 10.1. The second-order valence-electron chi connectivity index (χ2n) is 5.37. The van der Waals surface area contributed by atoms with E-state index in [1.54, 1.807) is 13.1 Å². The van der Waals surface area contributed by atoms with Crippen molar-refractivity contribution in [1.29, 1.82) is 0 Å². The van der Waals surface area contributed by atoms with Crippen molar-refractivity contribution in [3.05, 3.63) is 22.4 Å². The van der Waals surface area contributed by atoms with Crippen LogP contribution in [-0.2, 0) is 4.79 Å². The second kappa shape index (κ2) is 9.12. The van der Waals surface area contributed by atoms with E-state index in [0.29, 0.717) is 4.88 Å². The molecule has 0 bridgehead atoms. The Morgan fingerprint density at radius 2 is 2.23 bits per heavy atom. The molecule has 0 spiro atoms. The van der Waals surface area contributed by atoms with Gasteiger partial charge in [0.1, 0.15) is 0 Å². The van der Waals surface area contributed by atoms with Crippen molar-refractivity contribution in [3.63, 3.8) is 0 Å². The molecular weight excluding hydrogens is 322 g/mol. The third kappa shape index (κ3) is 4.69. The van der Waals surface area contributed by atoms with E-state index in [1.807, 2.05) is 16.3 Å². The zero-order valence-electron chi connectivity index (χ0n) is 13.1. The van der Waals surface area contributed by atoms with Crippen LogP contribution in [0.25, 0.3) is 0 Å². The van der Waals surface area contributed by atoms with Crippen molar-refractivity contribution in [1.82, 2.24) is 15.1 Å². The lowest BCUT2D eigenvalue weighted by atomic mass is 10.2. The molecule has 7 heteroatoms. The zero-order chi connectivity index (χ0) is 15.2. The Hall–Kier alpha value is -1.11. The van der Waals surface area contributed by atoms with Crippen LogP contribution >= 0.6 is 23.7 Å². The smallest absolute Gasteiger partial charge is 0.264 e. The predicted molar refractivity (Wildman–Crippen MR) is 91.8 cm³/mol. The standard InChI is InChI=1S/C15H23N3O2S.ClH/c1-3-8-18(12-6-7-16-10-12)14(19)11-17(2)15(20)13-5-4-9-21-13;/h4-5,9,12,16H,3,6-8,10-11H2,1-2H3;1H. The summed E-state index contributed by atoms with van der Waals surface area (Å²) in [7, 11) is 1.69. The molecule has 1 saturated heterocycles. The van der Waals surface area contributed by atoms with Crippen LogP contribution in [0.15, 0.2) is 17.5 Å². The van der Waals surface area contributed by atoms with Crippen LogP contribution in [-0.4, -0.2) is 60.9 Å². The van der Waals surface area contributed by atoms with Crippen LogP contribution in [0.5, 0.6) is 0 Å². The van der Waals surface area contributed by atoms with Crippen LogP contribution in [0, 0.1) is 0 Å². The molecule has 0 saturated carbocycles. The van der Waals surface area contributed by atoms with Gasteiger partial charge in [0.05, 0.1) is 11.4 Å². The first-order valence-electron chi connectivity index (χ1n) is 7.42. The van der Waals surface area contributed by atoms with E-state index in [2.05, 4.69) is 12.2 Å². The van der Waals surface area contributed by atoms with E-state index < -0.39 is 0 Å². The molecule has 1 unspecified atom stereocenters. The number of hydrogen-bond acceptors (Lipinski definition) is 4. The molecule has 1 aromatic heterocycles. The van der Waals surface area contributed by atoms with E-state index in [9.17, 15) is 9.59 Å². The summed E-state index contributed by atoms with van der Waals surface area (Å²) in [4.78, 5) is 28.8. The molecule has 2 heterocycles. The first-order valence-corrected chi connectivity index (χ1v) is 8.30. The minimum atomic E-state index is -0.0839. The molecular formula is C15H24ClN3O2S. The van der Waals surface area contributed by atoms with Crippen LogP contribution in [0.4, 0.5) is 0 Å². The Morgan fingerprint density at radius 3 is 2.77 bits per heavy atom. The van der Waals surface area contributed by atoms with Gasteiger partial charge < -0.3 is 15.1 Å². The molecule has 2 rings (SSSR count). The molecule has 5 nitrogen and oxygen atoms in total. The molecule has 0 radical (unpaired) electrons. The quantitative estimate of drug-likeness (QED) is 0.856. The van der Waals surface area contributed by atoms with Gasteiger partial charge in [-0.2, -0.15) is 0 Å². The van der Waals surface area contributed by atoms with Crippen LogP contribution in [0.2, 0.25) is 0 Å². The number of likely N-dealkylation sites (N-methyl/N-ethyl adjacent to an activating group) is 1. The Labute approximate surface area is 142 Å². The van der Waals surface area contributed by atoms with Gasteiger partial charge in [0.2, 0.25) is 5.91 Å². The number of halogens is 1. The van der Waals surface area contributed by atoms with Crippen LogP contribution < -0.4 is 5.32 Å². The Bertz CT molecular complexity index is 475. The third-order valence-electron chi connectivity index (χ3n) is 3.71. The average Bonchev–Trinajstić information content (AvgIpc) is 3.16. The Balaban J connectivity index is 0.00000242. The summed E-state index contributed by atoms with van der Waals surface area (Å²) in [6.45, 7) is 4.79. The highest BCUT2D eigenvalue weighted by Gasteiger charge is 2.27. The normalized spacial score (nSPS) is 16.9. The monoisotopic (exact) mass is 345 g/mol.